The molecule has 0 atom stereocenters. The predicted octanol–water partition coefficient (Wildman–Crippen LogP) is -0.204. The molecular formula is C17H21BrN2O. The van der Waals surface area contributed by atoms with E-state index in [2.05, 4.69) is 18.3 Å². The van der Waals surface area contributed by atoms with Crippen LogP contribution in [0.4, 0.5) is 5.69 Å². The van der Waals surface area contributed by atoms with Crippen molar-refractivity contribution in [2.24, 2.45) is 0 Å². The minimum atomic E-state index is 0. The molecule has 3 nitrogen and oxygen atoms in total. The fraction of sp³-hybridized carbons (Fsp3) is 0.294. The highest BCUT2D eigenvalue weighted by molar-refractivity contribution is 5.91. The van der Waals surface area contributed by atoms with Crippen LogP contribution in [0.1, 0.15) is 23.6 Å². The Bertz CT molecular complexity index is 606. The Kier molecular flexibility index (Phi) is 6.56. The molecule has 4 heteroatoms. The number of pyridine rings is 1. The highest BCUT2D eigenvalue weighted by atomic mass is 79.9. The van der Waals surface area contributed by atoms with Gasteiger partial charge >= 0.3 is 0 Å². The molecule has 0 aliphatic rings. The SMILES string of the molecule is CCc1ccc[n+](CC(=O)Nc2c(C)cccc2C)c1.[Br-]. The first-order valence-electron chi connectivity index (χ1n) is 6.94. The third-order valence-corrected chi connectivity index (χ3v) is 3.40. The molecule has 0 aliphatic heterocycles. The van der Waals surface area contributed by atoms with Gasteiger partial charge in [-0.1, -0.05) is 25.1 Å². The number of para-hydroxylation sites is 1. The van der Waals surface area contributed by atoms with Gasteiger partial charge in [0.2, 0.25) is 6.54 Å². The van der Waals surface area contributed by atoms with Crippen LogP contribution in [0.3, 0.4) is 0 Å². The summed E-state index contributed by atoms with van der Waals surface area (Å²) in [4.78, 5) is 12.2. The van der Waals surface area contributed by atoms with Gasteiger partial charge in [0.05, 0.1) is 0 Å². The smallest absolute Gasteiger partial charge is 0.290 e. The van der Waals surface area contributed by atoms with E-state index in [1.807, 2.05) is 55.1 Å². The number of aryl methyl sites for hydroxylation is 3. The van der Waals surface area contributed by atoms with Crippen molar-refractivity contribution in [1.29, 1.82) is 0 Å². The molecule has 0 unspecified atom stereocenters. The molecule has 1 aromatic carbocycles. The third-order valence-electron chi connectivity index (χ3n) is 3.40. The number of halogens is 1. The van der Waals surface area contributed by atoms with Gasteiger partial charge in [-0.25, -0.2) is 0 Å². The molecule has 0 saturated carbocycles. The number of amides is 1. The fourth-order valence-corrected chi connectivity index (χ4v) is 2.24. The van der Waals surface area contributed by atoms with Crippen molar-refractivity contribution in [1.82, 2.24) is 0 Å². The van der Waals surface area contributed by atoms with Crippen molar-refractivity contribution in [2.75, 3.05) is 5.32 Å². The number of anilines is 1. The number of hydrogen-bond donors (Lipinski definition) is 1. The van der Waals surface area contributed by atoms with Crippen molar-refractivity contribution < 1.29 is 26.3 Å². The highest BCUT2D eigenvalue weighted by Crippen LogP contribution is 2.19. The average Bonchev–Trinajstić information content (AvgIpc) is 2.43. The first-order valence-corrected chi connectivity index (χ1v) is 6.94. The van der Waals surface area contributed by atoms with E-state index in [9.17, 15) is 4.79 Å². The van der Waals surface area contributed by atoms with Crippen molar-refractivity contribution in [3.05, 3.63) is 59.4 Å². The van der Waals surface area contributed by atoms with Crippen LogP contribution in [0.2, 0.25) is 0 Å². The van der Waals surface area contributed by atoms with Gasteiger partial charge in [0, 0.05) is 17.3 Å². The molecule has 1 N–H and O–H groups in total. The Labute approximate surface area is 136 Å². The lowest BCUT2D eigenvalue weighted by atomic mass is 10.1. The number of carbonyl (C=O) groups is 1. The van der Waals surface area contributed by atoms with Gasteiger partial charge in [-0.05, 0) is 37.5 Å². The summed E-state index contributed by atoms with van der Waals surface area (Å²) in [6.45, 7) is 6.46. The van der Waals surface area contributed by atoms with Crippen LogP contribution >= 0.6 is 0 Å². The molecule has 0 bridgehead atoms. The topological polar surface area (TPSA) is 33.0 Å². The van der Waals surface area contributed by atoms with Crippen LogP contribution in [-0.4, -0.2) is 5.91 Å². The molecule has 0 aliphatic carbocycles. The maximum absolute atomic E-state index is 12.2. The van der Waals surface area contributed by atoms with Crippen LogP contribution in [0, 0.1) is 13.8 Å². The van der Waals surface area contributed by atoms with Gasteiger partial charge in [0.1, 0.15) is 0 Å². The number of benzene rings is 1. The standard InChI is InChI=1S/C17H20N2O.BrH/c1-4-15-9-6-10-19(11-15)12-16(20)18-17-13(2)7-5-8-14(17)3;/h5-11H,4,12H2,1-3H3;1H. The Balaban J connectivity index is 0.00000220. The van der Waals surface area contributed by atoms with Crippen LogP contribution in [0.25, 0.3) is 0 Å². The van der Waals surface area contributed by atoms with Gasteiger partial charge < -0.3 is 22.3 Å². The zero-order valence-electron chi connectivity index (χ0n) is 12.7. The quantitative estimate of drug-likeness (QED) is 0.762. The molecule has 21 heavy (non-hydrogen) atoms. The Morgan fingerprint density at radius 3 is 2.43 bits per heavy atom. The van der Waals surface area contributed by atoms with E-state index in [1.54, 1.807) is 0 Å². The molecular weight excluding hydrogens is 328 g/mol. The summed E-state index contributed by atoms with van der Waals surface area (Å²) in [5.74, 6) is 0.000605. The van der Waals surface area contributed by atoms with Crippen LogP contribution in [-0.2, 0) is 17.8 Å². The van der Waals surface area contributed by atoms with E-state index in [4.69, 9.17) is 0 Å². The van der Waals surface area contributed by atoms with Gasteiger partial charge in [0.15, 0.2) is 12.4 Å². The van der Waals surface area contributed by atoms with Gasteiger partial charge in [-0.2, -0.15) is 4.57 Å². The average molecular weight is 349 g/mol. The van der Waals surface area contributed by atoms with Gasteiger partial charge in [-0.15, -0.1) is 0 Å². The number of nitrogens with zero attached hydrogens (tertiary/aromatic N) is 1. The van der Waals surface area contributed by atoms with E-state index >= 15 is 0 Å². The van der Waals surface area contributed by atoms with E-state index < -0.39 is 0 Å². The van der Waals surface area contributed by atoms with E-state index in [0.29, 0.717) is 6.54 Å². The monoisotopic (exact) mass is 348 g/mol. The Morgan fingerprint density at radius 2 is 1.81 bits per heavy atom. The molecule has 0 saturated heterocycles. The van der Waals surface area contributed by atoms with Crippen molar-refractivity contribution in [2.45, 2.75) is 33.7 Å². The van der Waals surface area contributed by atoms with E-state index in [1.165, 1.54) is 5.56 Å². The molecule has 1 heterocycles. The zero-order valence-corrected chi connectivity index (χ0v) is 14.3. The number of carbonyl (C=O) groups excluding carboxylic acids is 1. The van der Waals surface area contributed by atoms with Crippen LogP contribution in [0.15, 0.2) is 42.7 Å². The lowest BCUT2D eigenvalue weighted by molar-refractivity contribution is -0.684. The second-order valence-electron chi connectivity index (χ2n) is 5.05. The second-order valence-corrected chi connectivity index (χ2v) is 5.05. The minimum absolute atomic E-state index is 0. The summed E-state index contributed by atoms with van der Waals surface area (Å²) in [6.07, 6.45) is 4.91. The maximum atomic E-state index is 12.2. The minimum Gasteiger partial charge on any atom is -1.00 e. The maximum Gasteiger partial charge on any atom is 0.290 e. The van der Waals surface area contributed by atoms with E-state index in [0.717, 1.165) is 23.2 Å². The molecule has 2 rings (SSSR count). The molecule has 0 radical (unpaired) electrons. The van der Waals surface area contributed by atoms with Gasteiger partial charge in [0.25, 0.3) is 5.91 Å². The summed E-state index contributed by atoms with van der Waals surface area (Å²) in [6, 6.07) is 10.1. The Morgan fingerprint density at radius 1 is 1.14 bits per heavy atom. The largest absolute Gasteiger partial charge is 1.00 e. The molecule has 112 valence electrons. The lowest BCUT2D eigenvalue weighted by Crippen LogP contribution is -3.00. The summed E-state index contributed by atoms with van der Waals surface area (Å²) < 4.78 is 1.92. The Hall–Kier alpha value is -1.68. The second kappa shape index (κ2) is 7.93. The zero-order chi connectivity index (χ0) is 14.5. The van der Waals surface area contributed by atoms with E-state index in [-0.39, 0.29) is 22.9 Å². The summed E-state index contributed by atoms with van der Waals surface area (Å²) >= 11 is 0. The molecule has 0 fully saturated rings. The molecule has 1 amide bonds. The first kappa shape index (κ1) is 17.4. The fourth-order valence-electron chi connectivity index (χ4n) is 2.24. The lowest BCUT2D eigenvalue weighted by Gasteiger charge is -2.10. The van der Waals surface area contributed by atoms with Crippen LogP contribution < -0.4 is 26.9 Å². The summed E-state index contributed by atoms with van der Waals surface area (Å²) in [5, 5.41) is 3.00. The van der Waals surface area contributed by atoms with Crippen LogP contribution in [0.5, 0.6) is 0 Å². The van der Waals surface area contributed by atoms with Gasteiger partial charge in [-0.3, -0.25) is 4.79 Å². The third kappa shape index (κ3) is 4.67. The highest BCUT2D eigenvalue weighted by Gasteiger charge is 2.12. The van der Waals surface area contributed by atoms with Crippen molar-refractivity contribution in [3.8, 4) is 0 Å². The number of rotatable bonds is 4. The molecule has 0 spiro atoms. The number of aromatic nitrogens is 1. The first-order chi connectivity index (χ1) is 9.60. The summed E-state index contributed by atoms with van der Waals surface area (Å²) in [5.41, 5.74) is 4.33. The van der Waals surface area contributed by atoms with Crippen molar-refractivity contribution in [3.63, 3.8) is 0 Å². The summed E-state index contributed by atoms with van der Waals surface area (Å²) in [7, 11) is 0. The number of nitrogens with one attached hydrogen (secondary N) is 1. The molecule has 1 aromatic heterocycles. The normalized spacial score (nSPS) is 9.86. The predicted molar refractivity (Wildman–Crippen MR) is 80.6 cm³/mol. The molecule has 2 aromatic rings. The number of hydrogen-bond acceptors (Lipinski definition) is 1. The van der Waals surface area contributed by atoms with Crippen molar-refractivity contribution >= 4 is 11.6 Å².